The summed E-state index contributed by atoms with van der Waals surface area (Å²) in [5, 5.41) is 2.86. The van der Waals surface area contributed by atoms with Crippen molar-refractivity contribution in [2.75, 3.05) is 6.61 Å². The minimum Gasteiger partial charge on any atom is -0.489 e. The van der Waals surface area contributed by atoms with Crippen molar-refractivity contribution < 1.29 is 23.9 Å². The van der Waals surface area contributed by atoms with Gasteiger partial charge in [0.25, 0.3) is 0 Å². The third kappa shape index (κ3) is 10.4. The van der Waals surface area contributed by atoms with Crippen molar-refractivity contribution >= 4 is 35.5 Å². The van der Waals surface area contributed by atoms with Gasteiger partial charge in [-0.05, 0) is 81.0 Å². The van der Waals surface area contributed by atoms with Crippen molar-refractivity contribution in [2.24, 2.45) is 11.7 Å². The Morgan fingerprint density at radius 3 is 2.38 bits per heavy atom. The Labute approximate surface area is 239 Å². The number of nitrogens with zero attached hydrogens (tertiary/aromatic N) is 1. The van der Waals surface area contributed by atoms with E-state index in [0.717, 1.165) is 46.0 Å². The van der Waals surface area contributed by atoms with E-state index < -0.39 is 0 Å². The van der Waals surface area contributed by atoms with E-state index in [2.05, 4.69) is 4.98 Å². The highest BCUT2D eigenvalue weighted by molar-refractivity contribution is 7.09. The van der Waals surface area contributed by atoms with Crippen LogP contribution in [0.4, 0.5) is 0 Å². The minimum atomic E-state index is -0.303. The van der Waals surface area contributed by atoms with Gasteiger partial charge in [0.2, 0.25) is 0 Å². The smallest absolute Gasteiger partial charge is 0.333 e. The molecule has 1 saturated carbocycles. The zero-order valence-electron chi connectivity index (χ0n) is 23.2. The molecule has 0 amide bonds. The number of allylic oxidation sites excluding steroid dienone is 2. The first-order valence-corrected chi connectivity index (χ1v) is 14.2. The zero-order valence-corrected chi connectivity index (χ0v) is 24.0. The average molecular weight is 561 g/mol. The number of nitrogens with two attached hydrogens (primary N) is 1. The zero-order chi connectivity index (χ0) is 28.9. The number of aldehydes is 1. The van der Waals surface area contributed by atoms with Crippen LogP contribution < -0.4 is 10.5 Å². The van der Waals surface area contributed by atoms with Gasteiger partial charge in [-0.3, -0.25) is 9.59 Å². The molecule has 3 aromatic rings. The predicted octanol–water partition coefficient (Wildman–Crippen LogP) is 6.04. The number of ketones is 1. The molecule has 0 aliphatic heterocycles. The highest BCUT2D eigenvalue weighted by Gasteiger charge is 2.28. The number of carbonyl (C=O) groups is 3. The Hall–Kier alpha value is -3.88. The Morgan fingerprint density at radius 2 is 1.77 bits per heavy atom. The maximum absolute atomic E-state index is 11.8. The lowest BCUT2D eigenvalue weighted by Crippen LogP contribution is -2.13. The monoisotopic (exact) mass is 560 g/mol. The Morgan fingerprint density at radius 1 is 1.07 bits per heavy atom. The maximum atomic E-state index is 11.8. The molecule has 8 heteroatoms. The molecule has 1 aromatic heterocycles. The second-order valence-electron chi connectivity index (χ2n) is 9.57. The van der Waals surface area contributed by atoms with Crippen molar-refractivity contribution in [3.05, 3.63) is 99.0 Å². The molecule has 4 rings (SSSR count). The van der Waals surface area contributed by atoms with E-state index >= 15 is 0 Å². The molecule has 2 aromatic carbocycles. The van der Waals surface area contributed by atoms with Crippen molar-refractivity contribution in [1.29, 1.82) is 0 Å². The molecule has 0 unspecified atom stereocenters. The van der Waals surface area contributed by atoms with Crippen LogP contribution in [-0.4, -0.2) is 29.6 Å². The van der Waals surface area contributed by atoms with E-state index in [9.17, 15) is 14.4 Å². The van der Waals surface area contributed by atoms with Crippen LogP contribution in [0.5, 0.6) is 5.75 Å². The number of benzene rings is 2. The number of rotatable bonds is 12. The number of hydrogen-bond donors (Lipinski definition) is 1. The Bertz CT molecular complexity index is 1320. The predicted molar refractivity (Wildman–Crippen MR) is 158 cm³/mol. The standard InChI is InChI=1S/C27H30N2O3S.C5H6O2/c1-4-31-27(30)20(3)14-19(2)15-23-18-33-26(29-23)25(28)16-21-10-12-24(13-11-21)32-17-22-8-6-5-7-9-22;6-3-5(7)4-1-2-4/h5-15,18,25H,4,16-17,28H2,1-3H3;3-4H,1-2H2/b19-15+,20-14-;/t25-;/m0./s1. The van der Waals surface area contributed by atoms with E-state index in [1.807, 2.05) is 73.0 Å². The number of aromatic nitrogens is 1. The first kappa shape index (κ1) is 30.7. The molecule has 210 valence electrons. The molecule has 1 fully saturated rings. The van der Waals surface area contributed by atoms with E-state index in [1.54, 1.807) is 31.3 Å². The Kier molecular flexibility index (Phi) is 12.0. The van der Waals surface area contributed by atoms with Gasteiger partial charge in [-0.1, -0.05) is 42.5 Å². The lowest BCUT2D eigenvalue weighted by atomic mass is 10.1. The van der Waals surface area contributed by atoms with Crippen molar-refractivity contribution in [3.8, 4) is 5.75 Å². The van der Waals surface area contributed by atoms with Crippen LogP contribution in [-0.2, 0) is 32.1 Å². The summed E-state index contributed by atoms with van der Waals surface area (Å²) in [7, 11) is 0. The van der Waals surface area contributed by atoms with E-state index in [4.69, 9.17) is 15.2 Å². The van der Waals surface area contributed by atoms with Gasteiger partial charge >= 0.3 is 5.97 Å². The van der Waals surface area contributed by atoms with E-state index in [-0.39, 0.29) is 23.7 Å². The summed E-state index contributed by atoms with van der Waals surface area (Å²) in [5.41, 5.74) is 11.0. The quantitative estimate of drug-likeness (QED) is 0.0945. The fourth-order valence-electron chi connectivity index (χ4n) is 3.73. The van der Waals surface area contributed by atoms with Gasteiger partial charge in [0.15, 0.2) is 12.1 Å². The van der Waals surface area contributed by atoms with Crippen LogP contribution in [0.1, 0.15) is 61.5 Å². The van der Waals surface area contributed by atoms with Crippen LogP contribution in [0, 0.1) is 5.92 Å². The summed E-state index contributed by atoms with van der Waals surface area (Å²) >= 11 is 1.54. The maximum Gasteiger partial charge on any atom is 0.333 e. The van der Waals surface area contributed by atoms with Gasteiger partial charge in [-0.15, -0.1) is 11.3 Å². The van der Waals surface area contributed by atoms with Crippen LogP contribution in [0.25, 0.3) is 6.08 Å². The summed E-state index contributed by atoms with van der Waals surface area (Å²) in [6.07, 6.45) is 6.70. The topological polar surface area (TPSA) is 109 Å². The van der Waals surface area contributed by atoms with Gasteiger partial charge in [0.1, 0.15) is 17.4 Å². The summed E-state index contributed by atoms with van der Waals surface area (Å²) in [6.45, 7) is 6.38. The average Bonchev–Trinajstić information content (AvgIpc) is 3.71. The van der Waals surface area contributed by atoms with Gasteiger partial charge in [0, 0.05) is 16.9 Å². The highest BCUT2D eigenvalue weighted by atomic mass is 32.1. The van der Waals surface area contributed by atoms with Crippen molar-refractivity contribution in [3.63, 3.8) is 0 Å². The van der Waals surface area contributed by atoms with Gasteiger partial charge in [-0.25, -0.2) is 9.78 Å². The largest absolute Gasteiger partial charge is 0.489 e. The number of hydrogen-bond acceptors (Lipinski definition) is 8. The fraction of sp³-hybridized carbons (Fsp3) is 0.312. The second-order valence-corrected chi connectivity index (χ2v) is 10.5. The van der Waals surface area contributed by atoms with Crippen LogP contribution in [0.2, 0.25) is 0 Å². The fourth-order valence-corrected chi connectivity index (χ4v) is 4.50. The third-order valence-electron chi connectivity index (χ3n) is 6.00. The third-order valence-corrected chi connectivity index (χ3v) is 6.99. The van der Waals surface area contributed by atoms with Gasteiger partial charge < -0.3 is 15.2 Å². The molecule has 7 nitrogen and oxygen atoms in total. The summed E-state index contributed by atoms with van der Waals surface area (Å²) < 4.78 is 10.9. The van der Waals surface area contributed by atoms with E-state index in [1.165, 1.54) is 0 Å². The molecule has 1 aliphatic rings. The SMILES string of the molecule is CCOC(=O)/C(C)=C\C(C)=C\c1csc([C@@H](N)Cc2ccc(OCc3ccccc3)cc2)n1.O=CC(=O)C1CC1. The number of esters is 1. The number of thiazole rings is 1. The van der Waals surface area contributed by atoms with Crippen molar-refractivity contribution in [1.82, 2.24) is 4.98 Å². The summed E-state index contributed by atoms with van der Waals surface area (Å²) in [4.78, 5) is 36.3. The van der Waals surface area contributed by atoms with Gasteiger partial charge in [-0.2, -0.15) is 0 Å². The highest BCUT2D eigenvalue weighted by Crippen LogP contribution is 2.28. The molecular weight excluding hydrogens is 524 g/mol. The van der Waals surface area contributed by atoms with Crippen molar-refractivity contribution in [2.45, 2.75) is 52.7 Å². The van der Waals surface area contributed by atoms with Crippen LogP contribution in [0.15, 0.2) is 77.2 Å². The van der Waals surface area contributed by atoms with Crippen LogP contribution in [0.3, 0.4) is 0 Å². The second kappa shape index (κ2) is 15.6. The van der Waals surface area contributed by atoms with Crippen LogP contribution >= 0.6 is 11.3 Å². The molecule has 40 heavy (non-hydrogen) atoms. The van der Waals surface area contributed by atoms with E-state index in [0.29, 0.717) is 31.5 Å². The summed E-state index contributed by atoms with van der Waals surface area (Å²) in [5.74, 6) is 0.416. The molecule has 0 bridgehead atoms. The molecule has 2 N–H and O–H groups in total. The molecule has 0 saturated heterocycles. The lowest BCUT2D eigenvalue weighted by Gasteiger charge is -2.10. The minimum absolute atomic E-state index is 0.109. The number of carbonyl (C=O) groups excluding carboxylic acids is 3. The summed E-state index contributed by atoms with van der Waals surface area (Å²) in [6, 6.07) is 17.9. The first-order valence-electron chi connectivity index (χ1n) is 13.3. The molecule has 0 radical (unpaired) electrons. The molecular formula is C32H36N2O5S. The number of ether oxygens (including phenoxy) is 2. The van der Waals surface area contributed by atoms with Gasteiger partial charge in [0.05, 0.1) is 18.3 Å². The lowest BCUT2D eigenvalue weighted by molar-refractivity contribution is -0.138. The molecule has 0 spiro atoms. The number of Topliss-reactive ketones (excluding diaryl/α,β-unsaturated/α-hetero) is 1. The Balaban J connectivity index is 0.000000547. The normalized spacial score (nSPS) is 14.0. The molecule has 1 heterocycles. The molecule has 1 atom stereocenters. The first-order chi connectivity index (χ1) is 19.3. The molecule has 1 aliphatic carbocycles.